The first-order valence-corrected chi connectivity index (χ1v) is 9.56. The number of carboxylic acid groups (broad SMARTS) is 1. The van der Waals surface area contributed by atoms with Crippen molar-refractivity contribution < 1.29 is 29.0 Å². The molecule has 4 N–H and O–H groups in total. The lowest BCUT2D eigenvalue weighted by Gasteiger charge is -2.28. The first-order valence-electron chi connectivity index (χ1n) is 9.56. The Balaban J connectivity index is 5.26. The zero-order valence-electron chi connectivity index (χ0n) is 17.9. The molecule has 162 valence electrons. The molecule has 0 aliphatic carbocycles. The predicted molar refractivity (Wildman–Crippen MR) is 105 cm³/mol. The van der Waals surface area contributed by atoms with Crippen LogP contribution in [0.4, 0.5) is 4.79 Å². The summed E-state index contributed by atoms with van der Waals surface area (Å²) in [7, 11) is 0. The minimum absolute atomic E-state index is 0.0849. The van der Waals surface area contributed by atoms with Gasteiger partial charge in [0.15, 0.2) is 0 Å². The van der Waals surface area contributed by atoms with Crippen molar-refractivity contribution in [2.75, 3.05) is 6.54 Å². The summed E-state index contributed by atoms with van der Waals surface area (Å²) in [6, 6.07) is -1.79. The molecule has 0 rings (SSSR count). The predicted octanol–water partition coefficient (Wildman–Crippen LogP) is 1.66. The molecule has 0 unspecified atom stereocenters. The summed E-state index contributed by atoms with van der Waals surface area (Å²) < 4.78 is 5.22. The molecular formula is C19H35N3O6. The van der Waals surface area contributed by atoms with E-state index in [1.165, 1.54) is 0 Å². The van der Waals surface area contributed by atoms with Crippen LogP contribution < -0.4 is 16.0 Å². The Bertz CT molecular complexity index is 556. The molecule has 3 amide bonds. The van der Waals surface area contributed by atoms with Crippen LogP contribution in [-0.4, -0.2) is 53.2 Å². The highest BCUT2D eigenvalue weighted by molar-refractivity contribution is 5.92. The van der Waals surface area contributed by atoms with E-state index in [4.69, 9.17) is 9.84 Å². The molecule has 0 aliphatic rings. The normalized spacial score (nSPS) is 14.6. The van der Waals surface area contributed by atoms with Gasteiger partial charge in [-0.15, -0.1) is 0 Å². The summed E-state index contributed by atoms with van der Waals surface area (Å²) in [6.45, 7) is 12.1. The maximum atomic E-state index is 12.8. The Morgan fingerprint density at radius 3 is 2.00 bits per heavy atom. The SMILES string of the molecule is CC[C@H](C)[C@H](NC(=O)OC(C)(C)C)C(=O)N[C@@H](CC(C)C)C(=O)NCC(=O)O. The molecule has 0 aromatic carbocycles. The van der Waals surface area contributed by atoms with Gasteiger partial charge in [-0.25, -0.2) is 4.79 Å². The van der Waals surface area contributed by atoms with E-state index in [9.17, 15) is 19.2 Å². The molecule has 0 heterocycles. The van der Waals surface area contributed by atoms with E-state index < -0.39 is 48.1 Å². The van der Waals surface area contributed by atoms with E-state index in [-0.39, 0.29) is 11.8 Å². The standard InChI is InChI=1S/C19H35N3O6/c1-8-12(4)15(22-18(27)28-19(5,6)7)17(26)21-13(9-11(2)3)16(25)20-10-14(23)24/h11-13,15H,8-10H2,1-7H3,(H,20,25)(H,21,26)(H,22,27)(H,23,24)/t12-,13-,15-/m0/s1. The van der Waals surface area contributed by atoms with Crippen LogP contribution in [0.2, 0.25) is 0 Å². The number of rotatable bonds is 10. The minimum Gasteiger partial charge on any atom is -0.480 e. The van der Waals surface area contributed by atoms with Crippen molar-refractivity contribution in [2.24, 2.45) is 11.8 Å². The van der Waals surface area contributed by atoms with Gasteiger partial charge in [0.2, 0.25) is 11.8 Å². The highest BCUT2D eigenvalue weighted by Crippen LogP contribution is 2.13. The summed E-state index contributed by atoms with van der Waals surface area (Å²) in [5, 5.41) is 16.2. The number of aliphatic carboxylic acids is 1. The smallest absolute Gasteiger partial charge is 0.408 e. The van der Waals surface area contributed by atoms with Crippen LogP contribution in [-0.2, 0) is 19.1 Å². The van der Waals surface area contributed by atoms with Crippen molar-refractivity contribution >= 4 is 23.9 Å². The third-order valence-corrected chi connectivity index (χ3v) is 3.92. The maximum Gasteiger partial charge on any atom is 0.408 e. The lowest BCUT2D eigenvalue weighted by atomic mass is 9.97. The quantitative estimate of drug-likeness (QED) is 0.440. The summed E-state index contributed by atoms with van der Waals surface area (Å²) in [5.41, 5.74) is -0.711. The van der Waals surface area contributed by atoms with Gasteiger partial charge in [-0.05, 0) is 39.0 Å². The number of carbonyl (C=O) groups excluding carboxylic acids is 3. The highest BCUT2D eigenvalue weighted by atomic mass is 16.6. The van der Waals surface area contributed by atoms with Crippen LogP contribution in [0.1, 0.15) is 61.3 Å². The summed E-state index contributed by atoms with van der Waals surface area (Å²) in [6.07, 6.45) is 0.230. The third kappa shape index (κ3) is 10.7. The van der Waals surface area contributed by atoms with Crippen LogP contribution in [0.3, 0.4) is 0 Å². The van der Waals surface area contributed by atoms with Crippen molar-refractivity contribution in [1.82, 2.24) is 16.0 Å². The highest BCUT2D eigenvalue weighted by Gasteiger charge is 2.31. The number of hydrogen-bond donors (Lipinski definition) is 4. The van der Waals surface area contributed by atoms with Crippen molar-refractivity contribution in [1.29, 1.82) is 0 Å². The average Bonchev–Trinajstić information content (AvgIpc) is 2.53. The molecule has 28 heavy (non-hydrogen) atoms. The lowest BCUT2D eigenvalue weighted by Crippen LogP contribution is -2.56. The Morgan fingerprint density at radius 2 is 1.57 bits per heavy atom. The molecule has 0 bridgehead atoms. The minimum atomic E-state index is -1.17. The summed E-state index contributed by atoms with van der Waals surface area (Å²) >= 11 is 0. The van der Waals surface area contributed by atoms with Crippen molar-refractivity contribution in [2.45, 2.75) is 79.0 Å². The Labute approximate surface area is 167 Å². The number of ether oxygens (including phenoxy) is 1. The number of carbonyl (C=O) groups is 4. The second kappa shape index (κ2) is 11.5. The summed E-state index contributed by atoms with van der Waals surface area (Å²) in [5.74, 6) is -2.39. The van der Waals surface area contributed by atoms with Crippen molar-refractivity contribution in [3.63, 3.8) is 0 Å². The first-order chi connectivity index (χ1) is 12.8. The number of amides is 3. The van der Waals surface area contributed by atoms with Crippen LogP contribution in [0.25, 0.3) is 0 Å². The fourth-order valence-corrected chi connectivity index (χ4v) is 2.39. The fraction of sp³-hybridized carbons (Fsp3) is 0.789. The van der Waals surface area contributed by atoms with E-state index in [0.717, 1.165) is 0 Å². The lowest BCUT2D eigenvalue weighted by molar-refractivity contribution is -0.138. The Hall–Kier alpha value is -2.32. The summed E-state index contributed by atoms with van der Waals surface area (Å²) in [4.78, 5) is 47.9. The van der Waals surface area contributed by atoms with Gasteiger partial charge in [-0.2, -0.15) is 0 Å². The van der Waals surface area contributed by atoms with E-state index >= 15 is 0 Å². The molecule has 0 spiro atoms. The van der Waals surface area contributed by atoms with Gasteiger partial charge in [0.05, 0.1) is 0 Å². The molecule has 0 aromatic rings. The van der Waals surface area contributed by atoms with E-state index in [1.807, 2.05) is 27.7 Å². The number of carboxylic acids is 1. The van der Waals surface area contributed by atoms with Crippen LogP contribution in [0, 0.1) is 11.8 Å². The van der Waals surface area contributed by atoms with E-state index in [2.05, 4.69) is 16.0 Å². The Morgan fingerprint density at radius 1 is 1.00 bits per heavy atom. The average molecular weight is 402 g/mol. The van der Waals surface area contributed by atoms with Gasteiger partial charge in [0.25, 0.3) is 0 Å². The largest absolute Gasteiger partial charge is 0.480 e. The van der Waals surface area contributed by atoms with E-state index in [1.54, 1.807) is 20.8 Å². The number of hydrogen-bond acceptors (Lipinski definition) is 5. The van der Waals surface area contributed by atoms with Crippen LogP contribution in [0.5, 0.6) is 0 Å². The Kier molecular flexibility index (Phi) is 10.6. The number of alkyl carbamates (subject to hydrolysis) is 1. The fourth-order valence-electron chi connectivity index (χ4n) is 2.39. The van der Waals surface area contributed by atoms with Gasteiger partial charge in [0.1, 0.15) is 24.2 Å². The van der Waals surface area contributed by atoms with Gasteiger partial charge in [-0.1, -0.05) is 34.1 Å². The molecule has 0 saturated carbocycles. The molecule has 3 atom stereocenters. The molecule has 9 nitrogen and oxygen atoms in total. The van der Waals surface area contributed by atoms with Gasteiger partial charge < -0.3 is 25.8 Å². The molecule has 0 radical (unpaired) electrons. The molecule has 0 aliphatic heterocycles. The zero-order valence-corrected chi connectivity index (χ0v) is 17.9. The molecule has 0 fully saturated rings. The van der Waals surface area contributed by atoms with Crippen LogP contribution >= 0.6 is 0 Å². The van der Waals surface area contributed by atoms with Crippen molar-refractivity contribution in [3.8, 4) is 0 Å². The number of nitrogens with one attached hydrogen (secondary N) is 3. The molecular weight excluding hydrogens is 366 g/mol. The third-order valence-electron chi connectivity index (χ3n) is 3.92. The molecule has 0 saturated heterocycles. The second-order valence-corrected chi connectivity index (χ2v) is 8.31. The van der Waals surface area contributed by atoms with Crippen LogP contribution in [0.15, 0.2) is 0 Å². The second-order valence-electron chi connectivity index (χ2n) is 8.31. The van der Waals surface area contributed by atoms with Crippen molar-refractivity contribution in [3.05, 3.63) is 0 Å². The molecule has 9 heteroatoms. The topological polar surface area (TPSA) is 134 Å². The first kappa shape index (κ1) is 25.7. The van der Waals surface area contributed by atoms with Gasteiger partial charge >= 0.3 is 12.1 Å². The monoisotopic (exact) mass is 401 g/mol. The molecule has 0 aromatic heterocycles. The zero-order chi connectivity index (χ0) is 22.1. The van der Waals surface area contributed by atoms with E-state index in [0.29, 0.717) is 12.8 Å². The van der Waals surface area contributed by atoms with Gasteiger partial charge in [-0.3, -0.25) is 14.4 Å². The van der Waals surface area contributed by atoms with Gasteiger partial charge in [0, 0.05) is 0 Å². The maximum absolute atomic E-state index is 12.8.